The lowest BCUT2D eigenvalue weighted by Gasteiger charge is -2.36. The number of carbonyl (C=O) groups is 2. The summed E-state index contributed by atoms with van der Waals surface area (Å²) in [6, 6.07) is 0. The minimum absolute atomic E-state index is 0.0593. The topological polar surface area (TPSA) is 173 Å². The first-order valence-corrected chi connectivity index (χ1v) is 11.6. The van der Waals surface area contributed by atoms with Crippen LogP contribution in [-0.4, -0.2) is 47.2 Å². The first-order chi connectivity index (χ1) is 17.3. The Bertz CT molecular complexity index is 1610. The third-order valence-electron chi connectivity index (χ3n) is 7.03. The van der Waals surface area contributed by atoms with Gasteiger partial charge in [-0.3, -0.25) is 39.6 Å². The lowest BCUT2D eigenvalue weighted by Crippen LogP contribution is -2.55. The van der Waals surface area contributed by atoms with Gasteiger partial charge in [0.2, 0.25) is 11.9 Å². The maximum Gasteiger partial charge on any atom is 0.332 e. The highest BCUT2D eigenvalue weighted by Crippen LogP contribution is 2.43. The molecule has 1 unspecified atom stereocenters. The van der Waals surface area contributed by atoms with Gasteiger partial charge < -0.3 is 14.4 Å². The number of phenols is 1. The molecule has 0 aliphatic carbocycles. The Morgan fingerprint density at radius 3 is 2.49 bits per heavy atom. The van der Waals surface area contributed by atoms with Gasteiger partial charge >= 0.3 is 5.69 Å². The van der Waals surface area contributed by atoms with Gasteiger partial charge in [0.15, 0.2) is 16.8 Å². The van der Waals surface area contributed by atoms with Crippen molar-refractivity contribution in [2.45, 2.75) is 52.7 Å². The number of aromatic nitrogens is 4. The second-order valence-corrected chi connectivity index (χ2v) is 9.49. The molecule has 37 heavy (non-hydrogen) atoms. The van der Waals surface area contributed by atoms with Gasteiger partial charge in [-0.2, -0.15) is 0 Å². The number of fused-ring (bicyclic) bond motifs is 2. The minimum atomic E-state index is -1.30. The fourth-order valence-electron chi connectivity index (χ4n) is 4.54. The number of aryl methyl sites for hydroxylation is 1. The molecule has 0 radical (unpaired) electrons. The molecule has 1 aliphatic rings. The summed E-state index contributed by atoms with van der Waals surface area (Å²) < 4.78 is 9.48. The molecule has 0 spiro atoms. The van der Waals surface area contributed by atoms with Crippen molar-refractivity contribution in [3.63, 3.8) is 0 Å². The van der Waals surface area contributed by atoms with Crippen molar-refractivity contribution in [3.8, 4) is 11.5 Å². The van der Waals surface area contributed by atoms with Crippen molar-refractivity contribution in [2.75, 3.05) is 0 Å². The molecule has 196 valence electrons. The van der Waals surface area contributed by atoms with Crippen LogP contribution in [0.1, 0.15) is 35.6 Å². The summed E-state index contributed by atoms with van der Waals surface area (Å²) in [5.41, 5.74) is 0.679. The quantitative estimate of drug-likeness (QED) is 0.283. The summed E-state index contributed by atoms with van der Waals surface area (Å²) in [5.74, 6) is -1.09. The molecule has 1 aromatic carbocycles. The van der Waals surface area contributed by atoms with E-state index in [4.69, 9.17) is 10.1 Å². The number of nitrogens with one attached hydrogen (secondary N) is 3. The number of imidazole rings is 1. The lowest BCUT2D eigenvalue weighted by molar-refractivity contribution is -0.135. The van der Waals surface area contributed by atoms with Gasteiger partial charge in [-0.15, -0.1) is 0 Å². The minimum Gasteiger partial charge on any atom is -0.507 e. The number of rotatable bonds is 3. The van der Waals surface area contributed by atoms with Gasteiger partial charge in [0, 0.05) is 26.1 Å². The zero-order valence-corrected chi connectivity index (χ0v) is 21.5. The van der Waals surface area contributed by atoms with E-state index in [0.717, 1.165) is 15.7 Å². The normalized spacial score (nSPS) is 16.7. The summed E-state index contributed by atoms with van der Waals surface area (Å²) in [6.07, 6.45) is 2.05. The van der Waals surface area contributed by atoms with Crippen molar-refractivity contribution in [1.29, 1.82) is 5.41 Å². The molecular weight excluding hydrogens is 482 g/mol. The van der Waals surface area contributed by atoms with Crippen molar-refractivity contribution in [1.82, 2.24) is 29.3 Å². The molecular formula is C24H29N7O6. The third-order valence-corrected chi connectivity index (χ3v) is 7.03. The maximum atomic E-state index is 13.0. The number of aromatic hydroxyl groups is 1. The molecule has 1 aliphatic heterocycles. The van der Waals surface area contributed by atoms with Crippen molar-refractivity contribution >= 4 is 28.9 Å². The smallest absolute Gasteiger partial charge is 0.332 e. The standard InChI is InChI=1S/C24H29N7O6/c1-11-12(2)18-14(13(3)17(11)33)7-8-24(4,37-18)21(35)28-22(25)27-15(32)9-31-10-26-19-16(31)20(34)30(6)23(36)29(19)5/h10,33H,7-9H2,1-6H3,(H3,25,27,28,32,35). The van der Waals surface area contributed by atoms with Gasteiger partial charge in [-0.05, 0) is 50.8 Å². The zero-order valence-electron chi connectivity index (χ0n) is 21.5. The molecule has 0 fully saturated rings. The summed E-state index contributed by atoms with van der Waals surface area (Å²) in [5, 5.41) is 23.1. The Morgan fingerprint density at radius 2 is 1.81 bits per heavy atom. The van der Waals surface area contributed by atoms with E-state index in [0.29, 0.717) is 29.7 Å². The molecule has 1 atom stereocenters. The molecule has 0 saturated carbocycles. The van der Waals surface area contributed by atoms with Gasteiger partial charge in [-0.1, -0.05) is 0 Å². The Morgan fingerprint density at radius 1 is 1.14 bits per heavy atom. The number of hydrogen-bond donors (Lipinski definition) is 4. The van der Waals surface area contributed by atoms with Crippen LogP contribution in [0.5, 0.6) is 11.5 Å². The SMILES string of the molecule is Cc1c(C)c2c(c(C)c1O)CCC(C)(C(=O)NC(=N)NC(=O)Cn1cnc3c1c(=O)n(C)c(=O)n3C)O2. The highest BCUT2D eigenvalue weighted by molar-refractivity contribution is 6.05. The average molecular weight is 512 g/mol. The Labute approximate surface area is 211 Å². The van der Waals surface area contributed by atoms with E-state index in [-0.39, 0.29) is 23.5 Å². The molecule has 4 N–H and O–H groups in total. The Kier molecular flexibility index (Phi) is 6.18. The van der Waals surface area contributed by atoms with Crippen LogP contribution in [0.15, 0.2) is 15.9 Å². The van der Waals surface area contributed by atoms with Gasteiger partial charge in [0.05, 0.1) is 6.33 Å². The second kappa shape index (κ2) is 8.91. The van der Waals surface area contributed by atoms with Crippen molar-refractivity contribution in [3.05, 3.63) is 49.4 Å². The van der Waals surface area contributed by atoms with Crippen LogP contribution in [0, 0.1) is 26.2 Å². The number of amides is 2. The van der Waals surface area contributed by atoms with Gasteiger partial charge in [0.25, 0.3) is 11.5 Å². The number of phenolic OH excluding ortho intramolecular Hbond substituents is 1. The number of carbonyl (C=O) groups excluding carboxylic acids is 2. The second-order valence-electron chi connectivity index (χ2n) is 9.49. The van der Waals surface area contributed by atoms with E-state index in [1.165, 1.54) is 29.6 Å². The van der Waals surface area contributed by atoms with Gasteiger partial charge in [0.1, 0.15) is 18.0 Å². The Hall–Kier alpha value is -4.42. The molecule has 0 saturated heterocycles. The number of ether oxygens (including phenoxy) is 1. The molecule has 4 rings (SSSR count). The van der Waals surface area contributed by atoms with Crippen LogP contribution in [0.2, 0.25) is 0 Å². The average Bonchev–Trinajstić information content (AvgIpc) is 3.26. The highest BCUT2D eigenvalue weighted by Gasteiger charge is 2.41. The van der Waals surface area contributed by atoms with Crippen LogP contribution in [-0.2, 0) is 36.6 Å². The van der Waals surface area contributed by atoms with Crippen LogP contribution in [0.4, 0.5) is 0 Å². The summed E-state index contributed by atoms with van der Waals surface area (Å²) >= 11 is 0. The van der Waals surface area contributed by atoms with E-state index in [1.54, 1.807) is 20.8 Å². The molecule has 13 heteroatoms. The molecule has 3 heterocycles. The van der Waals surface area contributed by atoms with Crippen LogP contribution < -0.4 is 26.6 Å². The van der Waals surface area contributed by atoms with Gasteiger partial charge in [-0.25, -0.2) is 9.78 Å². The van der Waals surface area contributed by atoms with E-state index in [1.807, 2.05) is 6.92 Å². The largest absolute Gasteiger partial charge is 0.507 e. The Balaban J connectivity index is 1.46. The van der Waals surface area contributed by atoms with E-state index in [9.17, 15) is 24.3 Å². The highest BCUT2D eigenvalue weighted by atomic mass is 16.5. The first-order valence-electron chi connectivity index (χ1n) is 11.6. The van der Waals surface area contributed by atoms with Crippen molar-refractivity contribution in [2.24, 2.45) is 14.1 Å². The lowest BCUT2D eigenvalue weighted by atomic mass is 9.86. The fourth-order valence-corrected chi connectivity index (χ4v) is 4.54. The molecule has 13 nitrogen and oxygen atoms in total. The molecule has 0 bridgehead atoms. The predicted molar refractivity (Wildman–Crippen MR) is 134 cm³/mol. The predicted octanol–water partition coefficient (Wildman–Crippen LogP) is 0.0156. The number of guanidine groups is 1. The van der Waals surface area contributed by atoms with E-state index < -0.39 is 34.6 Å². The summed E-state index contributed by atoms with van der Waals surface area (Å²) in [6.45, 7) is 6.62. The monoisotopic (exact) mass is 511 g/mol. The first kappa shape index (κ1) is 25.7. The van der Waals surface area contributed by atoms with Crippen molar-refractivity contribution < 1.29 is 19.4 Å². The molecule has 2 amide bonds. The summed E-state index contributed by atoms with van der Waals surface area (Å²) in [7, 11) is 2.79. The maximum absolute atomic E-state index is 13.0. The summed E-state index contributed by atoms with van der Waals surface area (Å²) in [4.78, 5) is 54.3. The fraction of sp³-hybridized carbons (Fsp3) is 0.417. The molecule has 2 aromatic heterocycles. The number of nitrogens with zero attached hydrogens (tertiary/aromatic N) is 4. The number of hydrogen-bond acceptors (Lipinski definition) is 8. The number of benzene rings is 1. The van der Waals surface area contributed by atoms with Crippen LogP contribution >= 0.6 is 0 Å². The molecule has 3 aromatic rings. The third kappa shape index (κ3) is 4.15. The van der Waals surface area contributed by atoms with E-state index in [2.05, 4.69) is 15.6 Å². The zero-order chi connectivity index (χ0) is 27.4. The van der Waals surface area contributed by atoms with E-state index >= 15 is 0 Å². The van der Waals surface area contributed by atoms with Crippen LogP contribution in [0.3, 0.4) is 0 Å². The van der Waals surface area contributed by atoms with Crippen LogP contribution in [0.25, 0.3) is 11.2 Å².